The third-order valence-electron chi connectivity index (χ3n) is 5.21. The van der Waals surface area contributed by atoms with Gasteiger partial charge in [0.2, 0.25) is 0 Å². The first-order valence-electron chi connectivity index (χ1n) is 9.08. The van der Waals surface area contributed by atoms with E-state index in [1.807, 2.05) is 0 Å². The van der Waals surface area contributed by atoms with Crippen LogP contribution in [-0.2, 0) is 26.2 Å². The molecule has 2 aliphatic carbocycles. The van der Waals surface area contributed by atoms with Crippen molar-refractivity contribution < 1.29 is 51.0 Å². The van der Waals surface area contributed by atoms with E-state index in [2.05, 4.69) is 115 Å². The molecule has 0 aromatic heterocycles. The average Bonchev–Trinajstić information content (AvgIpc) is 3.25. The van der Waals surface area contributed by atoms with Gasteiger partial charge in [0.25, 0.3) is 0 Å². The van der Waals surface area contributed by atoms with Gasteiger partial charge in [0.05, 0.1) is 0 Å². The molecule has 0 atom stereocenters. The Kier molecular flexibility index (Phi) is 8.29. The summed E-state index contributed by atoms with van der Waals surface area (Å²) in [6, 6.07) is 21.6. The van der Waals surface area contributed by atoms with Gasteiger partial charge in [0.15, 0.2) is 0 Å². The summed E-state index contributed by atoms with van der Waals surface area (Å²) >= 11 is 8.82. The van der Waals surface area contributed by atoms with E-state index >= 15 is 0 Å². The summed E-state index contributed by atoms with van der Waals surface area (Å²) in [5.41, 5.74) is 4.61. The molecule has 156 valence electrons. The van der Waals surface area contributed by atoms with Crippen LogP contribution < -0.4 is 24.8 Å². The minimum atomic E-state index is 0. The van der Waals surface area contributed by atoms with Gasteiger partial charge in [0, 0.05) is 9.21 Å². The Hall–Kier alpha value is -0.747. The first kappa shape index (κ1) is 25.9. The largest absolute Gasteiger partial charge is 4.00 e. The first-order chi connectivity index (χ1) is 14.2. The molecule has 8 heteroatoms. The molecule has 4 aliphatic rings. The fourth-order valence-electron chi connectivity index (χ4n) is 4.02. The number of benzene rings is 2. The maximum Gasteiger partial charge on any atom is 4.00 e. The van der Waals surface area contributed by atoms with Crippen molar-refractivity contribution in [3.8, 4) is 22.3 Å². The molecular formula is C24H12Br2Cl2N2SZr. The van der Waals surface area contributed by atoms with Crippen LogP contribution in [0.1, 0.15) is 0 Å². The number of H-pyrrole nitrogens is 2. The monoisotopic (exact) mass is 678 g/mol. The van der Waals surface area contributed by atoms with Crippen molar-refractivity contribution in [3.05, 3.63) is 82.3 Å². The van der Waals surface area contributed by atoms with Crippen molar-refractivity contribution in [1.29, 1.82) is 0 Å². The smallest absolute Gasteiger partial charge is 1.00 e. The molecule has 32 heavy (non-hydrogen) atoms. The Morgan fingerprint density at radius 2 is 1.09 bits per heavy atom. The molecule has 2 aromatic rings. The zero-order valence-electron chi connectivity index (χ0n) is 16.2. The van der Waals surface area contributed by atoms with Crippen molar-refractivity contribution >= 4 is 65.2 Å². The van der Waals surface area contributed by atoms with E-state index in [1.165, 1.54) is 42.5 Å². The fraction of sp³-hybridized carbons (Fsp3) is 0. The number of fused-ring (bicyclic) bond motifs is 6. The van der Waals surface area contributed by atoms with Crippen LogP contribution in [0.5, 0.6) is 0 Å². The van der Waals surface area contributed by atoms with Gasteiger partial charge in [-0.25, -0.2) is 0 Å². The average molecular weight is 682 g/mol. The molecule has 2 N–H and O–H groups in total. The first-order valence-corrected chi connectivity index (χ1v) is 11.5. The Bertz CT molecular complexity index is 1370. The van der Waals surface area contributed by atoms with E-state index in [-0.39, 0.29) is 51.0 Å². The third kappa shape index (κ3) is 4.35. The molecule has 0 saturated carbocycles. The summed E-state index contributed by atoms with van der Waals surface area (Å²) in [5, 5.41) is 4.94. The predicted octanol–water partition coefficient (Wildman–Crippen LogP) is 2.14. The topological polar surface area (TPSA) is 31.6 Å². The summed E-state index contributed by atoms with van der Waals surface area (Å²) in [4.78, 5) is 8.79. The summed E-state index contributed by atoms with van der Waals surface area (Å²) in [6.45, 7) is 0. The minimum Gasteiger partial charge on any atom is -1.00 e. The van der Waals surface area contributed by atoms with Crippen LogP contribution in [0.15, 0.2) is 79.7 Å². The molecule has 0 spiro atoms. The second-order valence-electron chi connectivity index (χ2n) is 6.98. The van der Waals surface area contributed by atoms with E-state index < -0.39 is 0 Å². The van der Waals surface area contributed by atoms with E-state index in [4.69, 9.17) is 0 Å². The van der Waals surface area contributed by atoms with Gasteiger partial charge < -0.3 is 34.8 Å². The molecule has 0 bridgehead atoms. The van der Waals surface area contributed by atoms with Crippen molar-refractivity contribution in [1.82, 2.24) is 9.97 Å². The standard InChI is InChI=1S/C24H12Br2N2S.2ClH.Zr/c25-21-9-15-7-13-3-1-5-19(23(13)17(15)11-27-21)29-20-6-2-4-14-8-16-10-22(26)28-12-18(16)24(14)20;;;/h1-10,27-28H;2*1H;/q-2;;;+4/p-2. The minimum absolute atomic E-state index is 0. The van der Waals surface area contributed by atoms with Crippen LogP contribution in [0.4, 0.5) is 0 Å². The van der Waals surface area contributed by atoms with Gasteiger partial charge in [-0.05, 0) is 9.79 Å². The molecule has 0 fully saturated rings. The maximum atomic E-state index is 3.51. The number of rotatable bonds is 2. The van der Waals surface area contributed by atoms with Crippen molar-refractivity contribution in [2.24, 2.45) is 0 Å². The second-order valence-corrected chi connectivity index (χ2v) is 9.77. The zero-order valence-corrected chi connectivity index (χ0v) is 24.2. The fourth-order valence-corrected chi connectivity index (χ4v) is 5.88. The molecular weight excluding hydrogens is 670 g/mol. The van der Waals surface area contributed by atoms with Crippen molar-refractivity contribution in [2.45, 2.75) is 9.79 Å². The number of halogens is 4. The third-order valence-corrected chi connectivity index (χ3v) is 7.19. The van der Waals surface area contributed by atoms with E-state index in [9.17, 15) is 0 Å². The summed E-state index contributed by atoms with van der Waals surface area (Å²) < 4.78 is 1.86. The molecule has 2 aliphatic heterocycles. The SMILES string of the molecule is Brc1cc2cc3cccc(Sc4cccc5cc6cc(Br)[nH][c-]c-6c45)c3c-2[c-][nH]1.[Cl-].[Cl-].[Zr+4]. The summed E-state index contributed by atoms with van der Waals surface area (Å²) in [7, 11) is 0. The Morgan fingerprint density at radius 1 is 0.656 bits per heavy atom. The van der Waals surface area contributed by atoms with Gasteiger partial charge in [-0.15, -0.1) is 46.1 Å². The van der Waals surface area contributed by atoms with E-state index in [0.29, 0.717) is 0 Å². The van der Waals surface area contributed by atoms with Crippen LogP contribution in [0, 0.1) is 12.4 Å². The van der Waals surface area contributed by atoms with Crippen LogP contribution in [0.2, 0.25) is 0 Å². The van der Waals surface area contributed by atoms with Crippen LogP contribution in [0.25, 0.3) is 43.8 Å². The Morgan fingerprint density at radius 3 is 1.53 bits per heavy atom. The second kappa shape index (κ2) is 10.3. The number of nitrogens with one attached hydrogen (secondary N) is 2. The molecule has 0 saturated heterocycles. The Balaban J connectivity index is 0.000000963. The van der Waals surface area contributed by atoms with Gasteiger partial charge in [-0.2, -0.15) is 0 Å². The quantitative estimate of drug-likeness (QED) is 0.213. The van der Waals surface area contributed by atoms with Crippen LogP contribution >= 0.6 is 43.6 Å². The summed E-state index contributed by atoms with van der Waals surface area (Å²) in [5.74, 6) is 0. The van der Waals surface area contributed by atoms with Crippen molar-refractivity contribution in [3.63, 3.8) is 0 Å². The molecule has 0 unspecified atom stereocenters. The zero-order chi connectivity index (χ0) is 19.5. The number of hydrogen-bond acceptors (Lipinski definition) is 1. The number of pyridine rings is 2. The van der Waals surface area contributed by atoms with Crippen molar-refractivity contribution in [2.75, 3.05) is 0 Å². The molecule has 2 heterocycles. The van der Waals surface area contributed by atoms with Gasteiger partial charge >= 0.3 is 26.2 Å². The van der Waals surface area contributed by atoms with Gasteiger partial charge in [-0.3, -0.25) is 0 Å². The van der Waals surface area contributed by atoms with Crippen LogP contribution in [0.3, 0.4) is 0 Å². The summed E-state index contributed by atoms with van der Waals surface area (Å²) in [6.07, 6.45) is 6.67. The molecule has 2 aromatic carbocycles. The molecule has 6 rings (SSSR count). The van der Waals surface area contributed by atoms with Gasteiger partial charge in [-0.1, -0.05) is 114 Å². The van der Waals surface area contributed by atoms with E-state index in [1.54, 1.807) is 11.8 Å². The number of hydrogen-bond donors (Lipinski definition) is 2. The number of aromatic nitrogens is 2. The maximum absolute atomic E-state index is 3.51. The molecule has 2 nitrogen and oxygen atoms in total. The van der Waals surface area contributed by atoms with Gasteiger partial charge in [0.1, 0.15) is 0 Å². The van der Waals surface area contributed by atoms with Crippen LogP contribution in [-0.4, -0.2) is 9.97 Å². The Labute approximate surface area is 238 Å². The molecule has 0 amide bonds. The number of aromatic amines is 2. The molecule has 0 radical (unpaired) electrons. The van der Waals surface area contributed by atoms with E-state index in [0.717, 1.165) is 20.3 Å². The normalized spacial score (nSPS) is 10.8. The predicted molar refractivity (Wildman–Crippen MR) is 127 cm³/mol.